The zero-order valence-corrected chi connectivity index (χ0v) is 28.5. The number of oxazole rings is 1. The number of aromatic nitrogens is 1. The zero-order valence-electron chi connectivity index (χ0n) is 28.5. The summed E-state index contributed by atoms with van der Waals surface area (Å²) in [6.07, 6.45) is -3.32. The molecule has 2 N–H and O–H groups in total. The van der Waals surface area contributed by atoms with E-state index in [1.54, 1.807) is 19.1 Å². The molecule has 4 atom stereocenters. The van der Waals surface area contributed by atoms with Crippen LogP contribution in [0.25, 0.3) is 11.5 Å². The second-order valence-corrected chi connectivity index (χ2v) is 13.2. The average molecular weight is 680 g/mol. The number of carbonyl (C=O) groups is 2. The number of benzene rings is 3. The van der Waals surface area contributed by atoms with E-state index >= 15 is 4.39 Å². The van der Waals surface area contributed by atoms with Gasteiger partial charge in [0.15, 0.2) is 0 Å². The molecule has 0 aliphatic heterocycles. The molecule has 2 amide bonds. The smallest absolute Gasteiger partial charge is 0.407 e. The van der Waals surface area contributed by atoms with Gasteiger partial charge in [0.2, 0.25) is 5.89 Å². The molecule has 0 aliphatic carbocycles. The van der Waals surface area contributed by atoms with E-state index in [1.807, 2.05) is 69.3 Å². The van der Waals surface area contributed by atoms with E-state index in [-0.39, 0.29) is 49.7 Å². The fourth-order valence-electron chi connectivity index (χ4n) is 5.72. The van der Waals surface area contributed by atoms with Crippen molar-refractivity contribution in [2.45, 2.75) is 72.4 Å². The van der Waals surface area contributed by atoms with Crippen LogP contribution in [0, 0.1) is 23.0 Å². The van der Waals surface area contributed by atoms with Gasteiger partial charge >= 0.3 is 6.09 Å². The molecule has 0 radical (unpaired) electrons. The highest BCUT2D eigenvalue weighted by Crippen LogP contribution is 2.42. The van der Waals surface area contributed by atoms with Gasteiger partial charge in [0.05, 0.1) is 18.2 Å². The molecule has 0 bridgehead atoms. The van der Waals surface area contributed by atoms with Crippen LogP contribution in [0.4, 0.5) is 18.0 Å². The van der Waals surface area contributed by atoms with Crippen molar-refractivity contribution in [3.05, 3.63) is 113 Å². The summed E-state index contributed by atoms with van der Waals surface area (Å²) in [6, 6.07) is 20.4. The molecule has 4 rings (SSSR count). The van der Waals surface area contributed by atoms with Crippen LogP contribution in [0.2, 0.25) is 0 Å². The molecule has 4 aromatic rings. The molecule has 262 valence electrons. The number of aliphatic hydroxyl groups excluding tert-OH is 1. The van der Waals surface area contributed by atoms with Crippen LogP contribution in [0.3, 0.4) is 0 Å². The lowest BCUT2D eigenvalue weighted by atomic mass is 9.81. The van der Waals surface area contributed by atoms with Crippen LogP contribution in [0.15, 0.2) is 83.3 Å². The number of alkyl halides is 1. The first-order valence-electron chi connectivity index (χ1n) is 16.3. The topological polar surface area (TPSA) is 105 Å². The quantitative estimate of drug-likeness (QED) is 0.141. The summed E-state index contributed by atoms with van der Waals surface area (Å²) in [4.78, 5) is 32.2. The second-order valence-electron chi connectivity index (χ2n) is 13.2. The van der Waals surface area contributed by atoms with E-state index in [0.717, 1.165) is 29.3 Å². The molecule has 8 nitrogen and oxygen atoms in total. The predicted octanol–water partition coefficient (Wildman–Crippen LogP) is 7.80. The monoisotopic (exact) mass is 679 g/mol. The number of nitrogens with one attached hydrogen (secondary N) is 1. The third kappa shape index (κ3) is 9.95. The summed E-state index contributed by atoms with van der Waals surface area (Å²) < 4.78 is 56.5. The number of ether oxygens (including phenoxy) is 1. The Hall–Kier alpha value is -4.64. The number of nitrogens with zero attached hydrogens (tertiary/aromatic N) is 2. The average Bonchev–Trinajstić information content (AvgIpc) is 3.47. The lowest BCUT2D eigenvalue weighted by Gasteiger charge is -2.42. The molecule has 0 unspecified atom stereocenters. The van der Waals surface area contributed by atoms with E-state index in [9.17, 15) is 23.5 Å². The standard InChI is InChI=1S/C38H44F3N3O5/c1-6-27(31(41)21-42-37(47)48-23-26-15-11-8-12-16-26)22-44(36(46)24(2)45)34(38(3,4)5)33-32(19-25-13-9-7-10-14-25)49-35(43-33)29-20-28(39)17-18-30(29)40/h7-18,20,24,27,31,34,45H,6,19,21-23H2,1-5H3,(H,42,47)/t24-,27-,31-,34-/m0/s1. The molecule has 11 heteroatoms. The minimum atomic E-state index is -1.59. The summed E-state index contributed by atoms with van der Waals surface area (Å²) in [5, 5.41) is 13.0. The molecule has 1 aromatic heterocycles. The van der Waals surface area contributed by atoms with Gasteiger partial charge in [-0.05, 0) is 48.1 Å². The molecule has 0 aliphatic rings. The van der Waals surface area contributed by atoms with Crippen molar-refractivity contribution in [3.63, 3.8) is 0 Å². The van der Waals surface area contributed by atoms with Crippen LogP contribution in [-0.2, 0) is 22.6 Å². The Kier molecular flexibility index (Phi) is 12.6. The van der Waals surface area contributed by atoms with Gasteiger partial charge < -0.3 is 24.5 Å². The van der Waals surface area contributed by atoms with Gasteiger partial charge in [-0.3, -0.25) is 4.79 Å². The van der Waals surface area contributed by atoms with Crippen LogP contribution >= 0.6 is 0 Å². The number of rotatable bonds is 14. The fraction of sp³-hybridized carbons (Fsp3) is 0.395. The molecule has 1 heterocycles. The normalized spacial score (nSPS) is 14.1. The highest BCUT2D eigenvalue weighted by molar-refractivity contribution is 5.81. The Morgan fingerprint density at radius 2 is 1.63 bits per heavy atom. The SMILES string of the molecule is CC[C@@H](CN(C(=O)[C@H](C)O)[C@@H](c1nc(-c2cc(F)ccc2F)oc1Cc1ccccc1)C(C)(C)C)[C@@H](F)CNC(=O)OCc1ccccc1. The van der Waals surface area contributed by atoms with Gasteiger partial charge in [0.25, 0.3) is 5.91 Å². The largest absolute Gasteiger partial charge is 0.445 e. The van der Waals surface area contributed by atoms with Crippen LogP contribution in [0.5, 0.6) is 0 Å². The first kappa shape index (κ1) is 37.2. The maximum absolute atomic E-state index is 15.9. The van der Waals surface area contributed by atoms with Crippen LogP contribution in [-0.4, -0.2) is 52.4 Å². The predicted molar refractivity (Wildman–Crippen MR) is 180 cm³/mol. The lowest BCUT2D eigenvalue weighted by molar-refractivity contribution is -0.146. The third-order valence-corrected chi connectivity index (χ3v) is 8.25. The van der Waals surface area contributed by atoms with Crippen molar-refractivity contribution in [2.24, 2.45) is 11.3 Å². The fourth-order valence-corrected chi connectivity index (χ4v) is 5.72. The number of carbonyl (C=O) groups excluding carboxylic acids is 2. The Morgan fingerprint density at radius 1 is 1.00 bits per heavy atom. The van der Waals surface area contributed by atoms with Crippen LogP contribution in [0.1, 0.15) is 69.7 Å². The van der Waals surface area contributed by atoms with E-state index in [0.29, 0.717) is 5.76 Å². The molecule has 0 spiro atoms. The van der Waals surface area contributed by atoms with Gasteiger partial charge in [0.1, 0.15) is 42.0 Å². The Labute approximate surface area is 285 Å². The van der Waals surface area contributed by atoms with E-state index in [2.05, 4.69) is 10.3 Å². The first-order valence-corrected chi connectivity index (χ1v) is 16.3. The number of amides is 2. The van der Waals surface area contributed by atoms with Gasteiger partial charge in [-0.2, -0.15) is 0 Å². The molecule has 0 saturated heterocycles. The summed E-state index contributed by atoms with van der Waals surface area (Å²) in [6.45, 7) is 8.19. The number of hydrogen-bond donors (Lipinski definition) is 2. The molecule has 0 saturated carbocycles. The number of halogens is 3. The van der Waals surface area contributed by atoms with Gasteiger partial charge in [-0.1, -0.05) is 88.4 Å². The summed E-state index contributed by atoms with van der Waals surface area (Å²) in [7, 11) is 0. The summed E-state index contributed by atoms with van der Waals surface area (Å²) in [5.41, 5.74) is 0.935. The van der Waals surface area contributed by atoms with Crippen molar-refractivity contribution in [1.82, 2.24) is 15.2 Å². The zero-order chi connectivity index (χ0) is 35.7. The second kappa shape index (κ2) is 16.6. The third-order valence-electron chi connectivity index (χ3n) is 8.25. The number of hydrogen-bond acceptors (Lipinski definition) is 6. The molecule has 49 heavy (non-hydrogen) atoms. The lowest BCUT2D eigenvalue weighted by Crippen LogP contribution is -2.49. The Balaban J connectivity index is 1.68. The van der Waals surface area contributed by atoms with Gasteiger partial charge in [-0.25, -0.2) is 22.9 Å². The van der Waals surface area contributed by atoms with Crippen molar-refractivity contribution < 1.29 is 37.0 Å². The van der Waals surface area contributed by atoms with Crippen molar-refractivity contribution >= 4 is 12.0 Å². The van der Waals surface area contributed by atoms with E-state index in [4.69, 9.17) is 9.15 Å². The number of aliphatic hydroxyl groups is 1. The maximum atomic E-state index is 15.9. The summed E-state index contributed by atoms with van der Waals surface area (Å²) in [5.74, 6) is -2.74. The highest BCUT2D eigenvalue weighted by atomic mass is 19.1. The van der Waals surface area contributed by atoms with Gasteiger partial charge in [-0.15, -0.1) is 0 Å². The molecular formula is C38H44F3N3O5. The molecular weight excluding hydrogens is 635 g/mol. The van der Waals surface area contributed by atoms with Crippen molar-refractivity contribution in [2.75, 3.05) is 13.1 Å². The first-order chi connectivity index (χ1) is 23.3. The highest BCUT2D eigenvalue weighted by Gasteiger charge is 2.42. The minimum absolute atomic E-state index is 0.0231. The van der Waals surface area contributed by atoms with E-state index < -0.39 is 53.3 Å². The maximum Gasteiger partial charge on any atom is 0.407 e. The Bertz CT molecular complexity index is 1680. The van der Waals surface area contributed by atoms with E-state index in [1.165, 1.54) is 11.8 Å². The summed E-state index contributed by atoms with van der Waals surface area (Å²) >= 11 is 0. The molecule has 3 aromatic carbocycles. The van der Waals surface area contributed by atoms with Crippen molar-refractivity contribution in [3.8, 4) is 11.5 Å². The van der Waals surface area contributed by atoms with Gasteiger partial charge in [0, 0.05) is 18.9 Å². The Morgan fingerprint density at radius 3 is 2.22 bits per heavy atom. The van der Waals surface area contributed by atoms with Crippen LogP contribution < -0.4 is 5.32 Å². The molecule has 0 fully saturated rings. The minimum Gasteiger partial charge on any atom is -0.445 e. The van der Waals surface area contributed by atoms with Crippen molar-refractivity contribution in [1.29, 1.82) is 0 Å². The number of alkyl carbamates (subject to hydrolysis) is 1.